The fourth-order valence-electron chi connectivity index (χ4n) is 1.74. The first-order valence-electron chi connectivity index (χ1n) is 6.59. The summed E-state index contributed by atoms with van der Waals surface area (Å²) in [5, 5.41) is 2.76. The number of carbonyl (C=O) groups excluding carboxylic acids is 1. The first-order chi connectivity index (χ1) is 8.92. The molecular weight excluding hydrogens is 238 g/mol. The molecule has 1 rings (SSSR count). The van der Waals surface area contributed by atoms with Crippen molar-refractivity contribution < 1.29 is 9.53 Å². The molecule has 0 unspecified atom stereocenters. The maximum Gasteiger partial charge on any atom is 0.407 e. The predicted molar refractivity (Wildman–Crippen MR) is 79.1 cm³/mol. The molecule has 1 aromatic rings. The number of hydrogen-bond acceptors (Lipinski definition) is 2. The van der Waals surface area contributed by atoms with E-state index >= 15 is 0 Å². The van der Waals surface area contributed by atoms with E-state index in [0.29, 0.717) is 6.54 Å². The second kappa shape index (κ2) is 6.98. The number of benzene rings is 1. The van der Waals surface area contributed by atoms with Crippen LogP contribution >= 0.6 is 0 Å². The smallest absolute Gasteiger partial charge is 0.407 e. The van der Waals surface area contributed by atoms with Gasteiger partial charge in [-0.15, -0.1) is 0 Å². The Labute approximate surface area is 115 Å². The van der Waals surface area contributed by atoms with Crippen LogP contribution < -0.4 is 5.32 Å². The van der Waals surface area contributed by atoms with Gasteiger partial charge in [-0.3, -0.25) is 0 Å². The monoisotopic (exact) mass is 261 g/mol. The van der Waals surface area contributed by atoms with Crippen LogP contribution in [0.25, 0.3) is 6.08 Å². The quantitative estimate of drug-likeness (QED) is 0.819. The average Bonchev–Trinajstić information content (AvgIpc) is 2.33. The van der Waals surface area contributed by atoms with Gasteiger partial charge in [0.05, 0.1) is 0 Å². The zero-order chi connectivity index (χ0) is 14.3. The lowest BCUT2D eigenvalue weighted by Crippen LogP contribution is -2.33. The molecule has 104 valence electrons. The van der Waals surface area contributed by atoms with Crippen LogP contribution in [0.15, 0.2) is 30.8 Å². The van der Waals surface area contributed by atoms with Gasteiger partial charge in [-0.25, -0.2) is 4.79 Å². The Hall–Kier alpha value is -1.77. The average molecular weight is 261 g/mol. The molecule has 0 spiro atoms. The van der Waals surface area contributed by atoms with Crippen molar-refractivity contribution in [2.24, 2.45) is 0 Å². The second-order valence-corrected chi connectivity index (χ2v) is 5.44. The lowest BCUT2D eigenvalue weighted by molar-refractivity contribution is 0.0527. The number of hydrogen-bond donors (Lipinski definition) is 1. The van der Waals surface area contributed by atoms with Gasteiger partial charge in [0, 0.05) is 6.54 Å². The molecule has 0 saturated carbocycles. The van der Waals surface area contributed by atoms with E-state index in [1.54, 1.807) is 0 Å². The van der Waals surface area contributed by atoms with E-state index in [1.165, 1.54) is 5.56 Å². The first-order valence-corrected chi connectivity index (χ1v) is 6.59. The fourth-order valence-corrected chi connectivity index (χ4v) is 1.74. The van der Waals surface area contributed by atoms with Crippen LogP contribution in [0.5, 0.6) is 0 Å². The summed E-state index contributed by atoms with van der Waals surface area (Å²) in [6.45, 7) is 9.97. The van der Waals surface area contributed by atoms with Crippen LogP contribution in [-0.4, -0.2) is 18.2 Å². The van der Waals surface area contributed by atoms with E-state index in [-0.39, 0.29) is 6.09 Å². The highest BCUT2D eigenvalue weighted by Crippen LogP contribution is 2.12. The number of amides is 1. The van der Waals surface area contributed by atoms with Crippen LogP contribution in [0.3, 0.4) is 0 Å². The normalized spacial score (nSPS) is 10.9. The molecule has 0 heterocycles. The van der Waals surface area contributed by atoms with E-state index in [2.05, 4.69) is 18.0 Å². The second-order valence-electron chi connectivity index (χ2n) is 5.44. The summed E-state index contributed by atoms with van der Waals surface area (Å²) in [4.78, 5) is 11.4. The number of rotatable bonds is 5. The molecule has 0 bridgehead atoms. The van der Waals surface area contributed by atoms with Gasteiger partial charge in [0.1, 0.15) is 5.60 Å². The van der Waals surface area contributed by atoms with Gasteiger partial charge < -0.3 is 10.1 Å². The van der Waals surface area contributed by atoms with E-state index in [0.717, 1.165) is 18.4 Å². The van der Waals surface area contributed by atoms with Crippen molar-refractivity contribution in [1.29, 1.82) is 0 Å². The van der Waals surface area contributed by atoms with Gasteiger partial charge in [-0.1, -0.05) is 36.9 Å². The maximum absolute atomic E-state index is 11.4. The Morgan fingerprint density at radius 3 is 2.68 bits per heavy atom. The molecule has 0 radical (unpaired) electrons. The molecule has 0 fully saturated rings. The van der Waals surface area contributed by atoms with E-state index < -0.39 is 5.60 Å². The largest absolute Gasteiger partial charge is 0.444 e. The molecule has 19 heavy (non-hydrogen) atoms. The Balaban J connectivity index is 2.31. The summed E-state index contributed by atoms with van der Waals surface area (Å²) in [6, 6.07) is 8.15. The number of nitrogens with one attached hydrogen (secondary N) is 1. The van der Waals surface area contributed by atoms with Crippen LogP contribution in [0.4, 0.5) is 4.79 Å². The number of aryl methyl sites for hydroxylation is 1. The SMILES string of the molecule is C=Cc1ccccc1CCCNC(=O)OC(C)(C)C. The van der Waals surface area contributed by atoms with Crippen LogP contribution in [0, 0.1) is 0 Å². The van der Waals surface area contributed by atoms with Crippen molar-refractivity contribution in [3.8, 4) is 0 Å². The minimum Gasteiger partial charge on any atom is -0.444 e. The summed E-state index contributed by atoms with van der Waals surface area (Å²) in [5.41, 5.74) is 1.96. The molecule has 1 N–H and O–H groups in total. The molecule has 3 nitrogen and oxygen atoms in total. The van der Waals surface area contributed by atoms with Crippen molar-refractivity contribution >= 4 is 12.2 Å². The number of ether oxygens (including phenoxy) is 1. The molecule has 0 aromatic heterocycles. The lowest BCUT2D eigenvalue weighted by Gasteiger charge is -2.19. The molecule has 1 aromatic carbocycles. The van der Waals surface area contributed by atoms with Gasteiger partial charge in [0.15, 0.2) is 0 Å². The van der Waals surface area contributed by atoms with Gasteiger partial charge in [0.2, 0.25) is 0 Å². The topological polar surface area (TPSA) is 38.3 Å². The Kier molecular flexibility index (Phi) is 5.61. The molecule has 3 heteroatoms. The zero-order valence-corrected chi connectivity index (χ0v) is 12.0. The van der Waals surface area contributed by atoms with Crippen LogP contribution in [0.2, 0.25) is 0 Å². The minimum absolute atomic E-state index is 0.357. The van der Waals surface area contributed by atoms with Crippen LogP contribution in [0.1, 0.15) is 38.3 Å². The maximum atomic E-state index is 11.4. The van der Waals surface area contributed by atoms with Crippen molar-refractivity contribution in [2.75, 3.05) is 6.54 Å². The highest BCUT2D eigenvalue weighted by atomic mass is 16.6. The molecule has 0 aliphatic rings. The molecule has 0 saturated heterocycles. The third-order valence-electron chi connectivity index (χ3n) is 2.57. The van der Waals surface area contributed by atoms with Crippen molar-refractivity contribution in [3.63, 3.8) is 0 Å². The summed E-state index contributed by atoms with van der Waals surface area (Å²) in [6.07, 6.45) is 3.29. The Morgan fingerprint density at radius 1 is 1.37 bits per heavy atom. The number of alkyl carbamates (subject to hydrolysis) is 1. The summed E-state index contributed by atoms with van der Waals surface area (Å²) in [7, 11) is 0. The molecule has 0 aliphatic heterocycles. The van der Waals surface area contributed by atoms with Gasteiger partial charge >= 0.3 is 6.09 Å². The molecule has 1 amide bonds. The zero-order valence-electron chi connectivity index (χ0n) is 12.0. The lowest BCUT2D eigenvalue weighted by atomic mass is 10.0. The van der Waals surface area contributed by atoms with E-state index in [4.69, 9.17) is 4.74 Å². The standard InChI is InChI=1S/C16H23NO2/c1-5-13-9-6-7-10-14(13)11-8-12-17-15(18)19-16(2,3)4/h5-7,9-10H,1,8,11-12H2,2-4H3,(H,17,18). The summed E-state index contributed by atoms with van der Waals surface area (Å²) >= 11 is 0. The minimum atomic E-state index is -0.445. The van der Waals surface area contributed by atoms with Crippen LogP contribution in [-0.2, 0) is 11.2 Å². The highest BCUT2D eigenvalue weighted by molar-refractivity contribution is 5.67. The fraction of sp³-hybridized carbons (Fsp3) is 0.438. The van der Waals surface area contributed by atoms with Crippen molar-refractivity contribution in [3.05, 3.63) is 42.0 Å². The third kappa shape index (κ3) is 6.09. The highest BCUT2D eigenvalue weighted by Gasteiger charge is 2.15. The van der Waals surface area contributed by atoms with Crippen molar-refractivity contribution in [1.82, 2.24) is 5.32 Å². The van der Waals surface area contributed by atoms with Gasteiger partial charge in [-0.2, -0.15) is 0 Å². The summed E-state index contributed by atoms with van der Waals surface area (Å²) in [5.74, 6) is 0. The molecule has 0 aliphatic carbocycles. The van der Waals surface area contributed by atoms with E-state index in [1.807, 2.05) is 45.0 Å². The third-order valence-corrected chi connectivity index (χ3v) is 2.57. The summed E-state index contributed by atoms with van der Waals surface area (Å²) < 4.78 is 5.17. The molecular formula is C16H23NO2. The first kappa shape index (κ1) is 15.3. The Morgan fingerprint density at radius 2 is 2.05 bits per heavy atom. The van der Waals surface area contributed by atoms with Crippen molar-refractivity contribution in [2.45, 2.75) is 39.2 Å². The van der Waals surface area contributed by atoms with Gasteiger partial charge in [-0.05, 0) is 44.7 Å². The Bertz CT molecular complexity index is 433. The molecule has 0 atom stereocenters. The predicted octanol–water partition coefficient (Wildman–Crippen LogP) is 3.79. The number of carbonyl (C=O) groups is 1. The van der Waals surface area contributed by atoms with Gasteiger partial charge in [0.25, 0.3) is 0 Å². The van der Waals surface area contributed by atoms with E-state index in [9.17, 15) is 4.79 Å².